The van der Waals surface area contributed by atoms with Gasteiger partial charge in [-0.05, 0) is 42.5 Å². The van der Waals surface area contributed by atoms with Gasteiger partial charge in [-0.2, -0.15) is 0 Å². The average molecular weight is 294 g/mol. The van der Waals surface area contributed by atoms with Crippen molar-refractivity contribution in [1.82, 2.24) is 4.98 Å². The second-order valence-electron chi connectivity index (χ2n) is 3.67. The largest absolute Gasteiger partial charge is 0.495 e. The number of anilines is 2. The van der Waals surface area contributed by atoms with Crippen LogP contribution in [0.3, 0.4) is 0 Å². The van der Waals surface area contributed by atoms with E-state index in [-0.39, 0.29) is 0 Å². The molecule has 1 heterocycles. The van der Waals surface area contributed by atoms with Crippen LogP contribution in [-0.4, -0.2) is 17.2 Å². The lowest BCUT2D eigenvalue weighted by Gasteiger charge is -2.11. The highest BCUT2D eigenvalue weighted by Crippen LogP contribution is 2.27. The summed E-state index contributed by atoms with van der Waals surface area (Å²) in [5.41, 5.74) is 1.60. The predicted octanol–water partition coefficient (Wildman–Crippen LogP) is 3.55. The van der Waals surface area contributed by atoms with Crippen LogP contribution in [0, 0.1) is 0 Å². The van der Waals surface area contributed by atoms with Gasteiger partial charge in [0.15, 0.2) is 5.11 Å². The number of rotatable bonds is 3. The molecule has 1 aromatic carbocycles. The van der Waals surface area contributed by atoms with Crippen molar-refractivity contribution in [3.8, 4) is 5.75 Å². The number of nitrogens with one attached hydrogen (secondary N) is 2. The highest BCUT2D eigenvalue weighted by Gasteiger charge is 2.03. The van der Waals surface area contributed by atoms with Crippen LogP contribution in [0.4, 0.5) is 11.4 Å². The zero-order valence-corrected chi connectivity index (χ0v) is 11.8. The first-order chi connectivity index (χ1) is 9.19. The third-order valence-corrected chi connectivity index (χ3v) is 2.83. The minimum atomic E-state index is 0.467. The summed E-state index contributed by atoms with van der Waals surface area (Å²) in [6.45, 7) is 0. The van der Waals surface area contributed by atoms with Gasteiger partial charge in [-0.3, -0.25) is 4.98 Å². The van der Waals surface area contributed by atoms with Crippen LogP contribution in [0.25, 0.3) is 0 Å². The lowest BCUT2D eigenvalue weighted by atomic mass is 10.3. The Morgan fingerprint density at radius 3 is 2.68 bits per heavy atom. The number of benzene rings is 1. The van der Waals surface area contributed by atoms with Crippen molar-refractivity contribution in [3.63, 3.8) is 0 Å². The molecule has 0 bridgehead atoms. The standard InChI is InChI=1S/C13H12ClN3OS/c1-18-12-5-4-9(7-11(12)14)16-13(19)17-10-3-2-6-15-8-10/h2-8H,1H3,(H2,16,17,19). The van der Waals surface area contributed by atoms with E-state index in [1.54, 1.807) is 31.6 Å². The van der Waals surface area contributed by atoms with Gasteiger partial charge in [0.25, 0.3) is 0 Å². The summed E-state index contributed by atoms with van der Waals surface area (Å²) in [5, 5.41) is 7.05. The molecule has 0 aliphatic carbocycles. The summed E-state index contributed by atoms with van der Waals surface area (Å²) in [5.74, 6) is 0.623. The van der Waals surface area contributed by atoms with E-state index < -0.39 is 0 Å². The lowest BCUT2D eigenvalue weighted by Crippen LogP contribution is -2.19. The molecular weight excluding hydrogens is 282 g/mol. The summed E-state index contributed by atoms with van der Waals surface area (Å²) in [6.07, 6.45) is 3.39. The van der Waals surface area contributed by atoms with Crippen molar-refractivity contribution in [2.45, 2.75) is 0 Å². The zero-order chi connectivity index (χ0) is 13.7. The van der Waals surface area contributed by atoms with Crippen LogP contribution in [-0.2, 0) is 0 Å². The summed E-state index contributed by atoms with van der Waals surface area (Å²) in [7, 11) is 1.57. The van der Waals surface area contributed by atoms with Crippen molar-refractivity contribution in [1.29, 1.82) is 0 Å². The van der Waals surface area contributed by atoms with Crippen molar-refractivity contribution < 1.29 is 4.74 Å². The molecule has 19 heavy (non-hydrogen) atoms. The Morgan fingerprint density at radius 2 is 2.05 bits per heavy atom. The van der Waals surface area contributed by atoms with E-state index in [9.17, 15) is 0 Å². The predicted molar refractivity (Wildman–Crippen MR) is 82.1 cm³/mol. The second-order valence-corrected chi connectivity index (χ2v) is 4.49. The first kappa shape index (κ1) is 13.6. The third-order valence-electron chi connectivity index (χ3n) is 2.33. The number of hydrogen-bond acceptors (Lipinski definition) is 3. The van der Waals surface area contributed by atoms with Crippen LogP contribution in [0.2, 0.25) is 5.02 Å². The maximum atomic E-state index is 6.03. The van der Waals surface area contributed by atoms with E-state index in [4.69, 9.17) is 28.6 Å². The minimum Gasteiger partial charge on any atom is -0.495 e. The van der Waals surface area contributed by atoms with Gasteiger partial charge >= 0.3 is 0 Å². The van der Waals surface area contributed by atoms with E-state index >= 15 is 0 Å². The molecule has 0 atom stereocenters. The topological polar surface area (TPSA) is 46.2 Å². The number of methoxy groups -OCH3 is 1. The molecule has 2 N–H and O–H groups in total. The van der Waals surface area contributed by atoms with Crippen molar-refractivity contribution in [2.24, 2.45) is 0 Å². The number of aromatic nitrogens is 1. The molecule has 0 amide bonds. The maximum absolute atomic E-state index is 6.03. The van der Waals surface area contributed by atoms with E-state index in [0.29, 0.717) is 15.9 Å². The lowest BCUT2D eigenvalue weighted by molar-refractivity contribution is 0.415. The van der Waals surface area contributed by atoms with Gasteiger partial charge < -0.3 is 15.4 Å². The quantitative estimate of drug-likeness (QED) is 0.848. The van der Waals surface area contributed by atoms with Gasteiger partial charge in [-0.15, -0.1) is 0 Å². The highest BCUT2D eigenvalue weighted by atomic mass is 35.5. The summed E-state index contributed by atoms with van der Waals surface area (Å²) in [4.78, 5) is 3.99. The molecule has 0 fully saturated rings. The Morgan fingerprint density at radius 1 is 1.26 bits per heavy atom. The molecular formula is C13H12ClN3OS. The van der Waals surface area contributed by atoms with Crippen LogP contribution < -0.4 is 15.4 Å². The Labute approximate surface area is 121 Å². The number of thiocarbonyl (C=S) groups is 1. The average Bonchev–Trinajstić information content (AvgIpc) is 2.40. The molecule has 0 saturated carbocycles. The fraction of sp³-hybridized carbons (Fsp3) is 0.0769. The first-order valence-electron chi connectivity index (χ1n) is 5.50. The van der Waals surface area contributed by atoms with Gasteiger partial charge in [-0.25, -0.2) is 0 Å². The molecule has 98 valence electrons. The van der Waals surface area contributed by atoms with Gasteiger partial charge in [0, 0.05) is 11.9 Å². The third kappa shape index (κ3) is 3.81. The Kier molecular flexibility index (Phi) is 4.54. The molecule has 0 radical (unpaired) electrons. The Balaban J connectivity index is 2.01. The van der Waals surface area contributed by atoms with E-state index in [0.717, 1.165) is 11.4 Å². The molecule has 4 nitrogen and oxygen atoms in total. The van der Waals surface area contributed by atoms with Crippen molar-refractivity contribution >= 4 is 40.3 Å². The Bertz CT molecular complexity index is 577. The van der Waals surface area contributed by atoms with Gasteiger partial charge in [0.1, 0.15) is 5.75 Å². The fourth-order valence-corrected chi connectivity index (χ4v) is 1.97. The van der Waals surface area contributed by atoms with Crippen LogP contribution in [0.5, 0.6) is 5.75 Å². The number of pyridine rings is 1. The van der Waals surface area contributed by atoms with Gasteiger partial charge in [0.2, 0.25) is 0 Å². The zero-order valence-electron chi connectivity index (χ0n) is 10.2. The van der Waals surface area contributed by atoms with Crippen LogP contribution in [0.1, 0.15) is 0 Å². The van der Waals surface area contributed by atoms with E-state index in [1.807, 2.05) is 18.2 Å². The van der Waals surface area contributed by atoms with Crippen molar-refractivity contribution in [2.75, 3.05) is 17.7 Å². The maximum Gasteiger partial charge on any atom is 0.175 e. The van der Waals surface area contributed by atoms with Gasteiger partial charge in [0.05, 0.1) is 24.0 Å². The van der Waals surface area contributed by atoms with Crippen molar-refractivity contribution in [3.05, 3.63) is 47.7 Å². The van der Waals surface area contributed by atoms with E-state index in [1.165, 1.54) is 0 Å². The number of halogens is 1. The number of ether oxygens (including phenoxy) is 1. The summed E-state index contributed by atoms with van der Waals surface area (Å²) >= 11 is 11.2. The monoisotopic (exact) mass is 293 g/mol. The molecule has 0 unspecified atom stereocenters. The van der Waals surface area contributed by atoms with Gasteiger partial charge in [-0.1, -0.05) is 11.6 Å². The Hall–Kier alpha value is -1.85. The first-order valence-corrected chi connectivity index (χ1v) is 6.29. The highest BCUT2D eigenvalue weighted by molar-refractivity contribution is 7.80. The minimum absolute atomic E-state index is 0.467. The number of hydrogen-bond donors (Lipinski definition) is 2. The molecule has 0 aliphatic rings. The van der Waals surface area contributed by atoms with E-state index in [2.05, 4.69) is 15.6 Å². The van der Waals surface area contributed by atoms with Crippen LogP contribution >= 0.6 is 23.8 Å². The van der Waals surface area contributed by atoms with Crippen LogP contribution in [0.15, 0.2) is 42.7 Å². The SMILES string of the molecule is COc1ccc(NC(=S)Nc2cccnc2)cc1Cl. The molecule has 0 aliphatic heterocycles. The summed E-state index contributed by atoms with van der Waals surface area (Å²) < 4.78 is 5.08. The summed E-state index contributed by atoms with van der Waals surface area (Å²) in [6, 6.07) is 9.06. The molecule has 0 saturated heterocycles. The smallest absolute Gasteiger partial charge is 0.175 e. The molecule has 0 spiro atoms. The normalized spacial score (nSPS) is 9.79. The molecule has 2 aromatic rings. The molecule has 2 rings (SSSR count). The molecule has 1 aromatic heterocycles. The second kappa shape index (κ2) is 6.36. The fourth-order valence-electron chi connectivity index (χ4n) is 1.47. The number of nitrogens with zero attached hydrogens (tertiary/aromatic N) is 1. The molecule has 6 heteroatoms.